The number of amides is 1. The quantitative estimate of drug-likeness (QED) is 0.815. The largest absolute Gasteiger partial charge is 0.464 e. The van der Waals surface area contributed by atoms with Crippen molar-refractivity contribution in [2.24, 2.45) is 0 Å². The average molecular weight is 323 g/mol. The van der Waals surface area contributed by atoms with Gasteiger partial charge in [0.15, 0.2) is 0 Å². The maximum Gasteiger partial charge on any atom is 0.411 e. The minimum Gasteiger partial charge on any atom is -0.464 e. The van der Waals surface area contributed by atoms with Crippen molar-refractivity contribution in [1.29, 1.82) is 0 Å². The second-order valence-corrected chi connectivity index (χ2v) is 6.24. The van der Waals surface area contributed by atoms with Gasteiger partial charge in [0.2, 0.25) is 0 Å². The van der Waals surface area contributed by atoms with Crippen molar-refractivity contribution in [3.8, 4) is 0 Å². The van der Waals surface area contributed by atoms with Gasteiger partial charge in [0.1, 0.15) is 11.6 Å². The maximum absolute atomic E-state index is 12.4. The lowest BCUT2D eigenvalue weighted by Crippen LogP contribution is -2.52. The Morgan fingerprint density at radius 1 is 1.43 bits per heavy atom. The van der Waals surface area contributed by atoms with Gasteiger partial charge in [-0.1, -0.05) is 0 Å². The lowest BCUT2D eigenvalue weighted by atomic mass is 9.99. The SMILES string of the molecule is CCOC(=O)C1Cc2c(nc[nH]c2=O)CN1C(=O)OC(C)(C)C. The van der Waals surface area contributed by atoms with Gasteiger partial charge >= 0.3 is 12.1 Å². The monoisotopic (exact) mass is 323 g/mol. The summed E-state index contributed by atoms with van der Waals surface area (Å²) in [5, 5.41) is 0. The van der Waals surface area contributed by atoms with Crippen LogP contribution < -0.4 is 5.56 Å². The lowest BCUT2D eigenvalue weighted by molar-refractivity contribution is -0.150. The molecule has 126 valence electrons. The van der Waals surface area contributed by atoms with Crippen LogP contribution in [-0.2, 0) is 27.2 Å². The summed E-state index contributed by atoms with van der Waals surface area (Å²) in [7, 11) is 0. The number of hydrogen-bond donors (Lipinski definition) is 1. The number of esters is 1. The Morgan fingerprint density at radius 2 is 2.13 bits per heavy atom. The molecule has 0 radical (unpaired) electrons. The zero-order valence-electron chi connectivity index (χ0n) is 13.7. The Balaban J connectivity index is 2.35. The van der Waals surface area contributed by atoms with Crippen molar-refractivity contribution < 1.29 is 19.1 Å². The Bertz CT molecular complexity index is 662. The second kappa shape index (κ2) is 6.39. The highest BCUT2D eigenvalue weighted by molar-refractivity contribution is 5.82. The Labute approximate surface area is 133 Å². The van der Waals surface area contributed by atoms with Crippen LogP contribution in [0.1, 0.15) is 39.0 Å². The molecule has 0 aliphatic carbocycles. The van der Waals surface area contributed by atoms with Crippen LogP contribution in [0, 0.1) is 0 Å². The summed E-state index contributed by atoms with van der Waals surface area (Å²) in [5.74, 6) is -0.563. The fourth-order valence-electron chi connectivity index (χ4n) is 2.35. The van der Waals surface area contributed by atoms with Crippen molar-refractivity contribution in [3.05, 3.63) is 27.9 Å². The fraction of sp³-hybridized carbons (Fsp3) is 0.600. The molecule has 0 fully saturated rings. The highest BCUT2D eigenvalue weighted by Gasteiger charge is 2.39. The van der Waals surface area contributed by atoms with Crippen molar-refractivity contribution >= 4 is 12.1 Å². The molecule has 1 aliphatic heterocycles. The first-order valence-electron chi connectivity index (χ1n) is 7.44. The van der Waals surface area contributed by atoms with Gasteiger partial charge in [-0.3, -0.25) is 9.69 Å². The van der Waals surface area contributed by atoms with Gasteiger partial charge in [0, 0.05) is 12.0 Å². The minimum atomic E-state index is -0.900. The Hall–Kier alpha value is -2.38. The van der Waals surface area contributed by atoms with Crippen molar-refractivity contribution in [2.45, 2.75) is 52.3 Å². The molecule has 0 saturated carbocycles. The van der Waals surface area contributed by atoms with Gasteiger partial charge in [-0.25, -0.2) is 14.6 Å². The first-order valence-corrected chi connectivity index (χ1v) is 7.44. The van der Waals surface area contributed by atoms with Gasteiger partial charge in [0.25, 0.3) is 5.56 Å². The van der Waals surface area contributed by atoms with Crippen LogP contribution in [0.4, 0.5) is 4.79 Å². The Kier molecular flexibility index (Phi) is 4.72. The van der Waals surface area contributed by atoms with Gasteiger partial charge in [-0.15, -0.1) is 0 Å². The number of nitrogens with zero attached hydrogens (tertiary/aromatic N) is 2. The second-order valence-electron chi connectivity index (χ2n) is 6.24. The topological polar surface area (TPSA) is 102 Å². The summed E-state index contributed by atoms with van der Waals surface area (Å²) < 4.78 is 10.4. The third kappa shape index (κ3) is 3.88. The molecule has 1 unspecified atom stereocenters. The van der Waals surface area contributed by atoms with E-state index in [-0.39, 0.29) is 25.1 Å². The van der Waals surface area contributed by atoms with Crippen LogP contribution in [0.25, 0.3) is 0 Å². The number of aromatic amines is 1. The summed E-state index contributed by atoms with van der Waals surface area (Å²) in [4.78, 5) is 44.4. The molecule has 0 spiro atoms. The van der Waals surface area contributed by atoms with Gasteiger partial charge < -0.3 is 14.5 Å². The molecule has 0 aromatic carbocycles. The number of fused-ring (bicyclic) bond motifs is 1. The molecule has 23 heavy (non-hydrogen) atoms. The predicted molar refractivity (Wildman–Crippen MR) is 80.8 cm³/mol. The molecule has 1 aromatic rings. The molecule has 2 rings (SSSR count). The average Bonchev–Trinajstić information content (AvgIpc) is 2.45. The number of aromatic nitrogens is 2. The molecule has 8 heteroatoms. The minimum absolute atomic E-state index is 0.0254. The smallest absolute Gasteiger partial charge is 0.411 e. The standard InChI is InChI=1S/C15H21N3O5/c1-5-22-13(20)11-6-9-10(16-8-17-12(9)19)7-18(11)14(21)23-15(2,3)4/h8,11H,5-7H2,1-4H3,(H,16,17,19). The highest BCUT2D eigenvalue weighted by atomic mass is 16.6. The van der Waals surface area contributed by atoms with Crippen LogP contribution in [0.5, 0.6) is 0 Å². The number of hydrogen-bond acceptors (Lipinski definition) is 6. The van der Waals surface area contributed by atoms with Crippen molar-refractivity contribution in [3.63, 3.8) is 0 Å². The predicted octanol–water partition coefficient (Wildman–Crippen LogP) is 0.995. The van der Waals surface area contributed by atoms with E-state index in [9.17, 15) is 14.4 Å². The highest BCUT2D eigenvalue weighted by Crippen LogP contribution is 2.22. The first kappa shape index (κ1) is 17.0. The summed E-state index contributed by atoms with van der Waals surface area (Å²) in [6.45, 7) is 7.12. The summed E-state index contributed by atoms with van der Waals surface area (Å²) in [6.07, 6.45) is 0.693. The molecule has 1 N–H and O–H groups in total. The summed E-state index contributed by atoms with van der Waals surface area (Å²) in [6, 6.07) is -0.900. The van der Waals surface area contributed by atoms with E-state index in [4.69, 9.17) is 9.47 Å². The van der Waals surface area contributed by atoms with E-state index in [2.05, 4.69) is 9.97 Å². The zero-order valence-corrected chi connectivity index (χ0v) is 13.7. The van der Waals surface area contributed by atoms with E-state index in [1.165, 1.54) is 11.2 Å². The van der Waals surface area contributed by atoms with E-state index in [1.807, 2.05) is 0 Å². The molecule has 0 bridgehead atoms. The number of nitrogens with one attached hydrogen (secondary N) is 1. The molecule has 1 aromatic heterocycles. The maximum atomic E-state index is 12.4. The molecular formula is C15H21N3O5. The van der Waals surface area contributed by atoms with Crippen LogP contribution in [0.15, 0.2) is 11.1 Å². The van der Waals surface area contributed by atoms with E-state index >= 15 is 0 Å². The number of ether oxygens (including phenoxy) is 2. The molecular weight excluding hydrogens is 302 g/mol. The van der Waals surface area contributed by atoms with Crippen LogP contribution in [-0.4, -0.2) is 45.2 Å². The molecule has 8 nitrogen and oxygen atoms in total. The molecule has 2 heterocycles. The van der Waals surface area contributed by atoms with Crippen molar-refractivity contribution in [1.82, 2.24) is 14.9 Å². The van der Waals surface area contributed by atoms with Crippen molar-refractivity contribution in [2.75, 3.05) is 6.61 Å². The first-order chi connectivity index (χ1) is 10.7. The Morgan fingerprint density at radius 3 is 2.74 bits per heavy atom. The van der Waals surface area contributed by atoms with Gasteiger partial charge in [-0.05, 0) is 27.7 Å². The van der Waals surface area contributed by atoms with E-state index in [0.717, 1.165) is 0 Å². The zero-order chi connectivity index (χ0) is 17.2. The molecule has 0 saturated heterocycles. The molecule has 1 aliphatic rings. The summed E-state index contributed by atoms with van der Waals surface area (Å²) >= 11 is 0. The number of rotatable bonds is 2. The summed E-state index contributed by atoms with van der Waals surface area (Å²) in [5.41, 5.74) is -0.156. The van der Waals surface area contributed by atoms with Crippen LogP contribution in [0.3, 0.4) is 0 Å². The molecule has 1 amide bonds. The fourth-order valence-corrected chi connectivity index (χ4v) is 2.35. The lowest BCUT2D eigenvalue weighted by Gasteiger charge is -2.35. The molecule has 1 atom stereocenters. The van der Waals surface area contributed by atoms with E-state index in [0.29, 0.717) is 11.3 Å². The van der Waals surface area contributed by atoms with E-state index in [1.54, 1.807) is 27.7 Å². The van der Waals surface area contributed by atoms with E-state index < -0.39 is 23.7 Å². The van der Waals surface area contributed by atoms with Gasteiger partial charge in [0.05, 0.1) is 25.2 Å². The third-order valence-corrected chi connectivity index (χ3v) is 3.32. The van der Waals surface area contributed by atoms with Crippen LogP contribution >= 0.6 is 0 Å². The number of carbonyl (C=O) groups is 2. The number of H-pyrrole nitrogens is 1. The third-order valence-electron chi connectivity index (χ3n) is 3.32. The normalized spacial score (nSPS) is 17.4. The van der Waals surface area contributed by atoms with Gasteiger partial charge in [-0.2, -0.15) is 0 Å². The van der Waals surface area contributed by atoms with Crippen LogP contribution in [0.2, 0.25) is 0 Å². The number of carbonyl (C=O) groups excluding carboxylic acids is 2.